The van der Waals surface area contributed by atoms with Gasteiger partial charge in [0.05, 0.1) is 0 Å². The van der Waals surface area contributed by atoms with E-state index < -0.39 is 22.5 Å². The highest BCUT2D eigenvalue weighted by Crippen LogP contribution is 1.99. The maximum atomic E-state index is 11.6. The summed E-state index contributed by atoms with van der Waals surface area (Å²) in [6.45, 7) is 0. The van der Waals surface area contributed by atoms with E-state index in [9.17, 15) is 14.4 Å². The fraction of sp³-hybridized carbons (Fsp3) is 0.125. The summed E-state index contributed by atoms with van der Waals surface area (Å²) in [5.74, 6) is -1.36. The molecule has 2 rings (SSSR count). The third kappa shape index (κ3) is 1.17. The summed E-state index contributed by atoms with van der Waals surface area (Å²) in [6.07, 6.45) is 1.06. The lowest BCUT2D eigenvalue weighted by molar-refractivity contribution is 0.0695. The molecule has 7 nitrogen and oxygen atoms in total. The van der Waals surface area contributed by atoms with Crippen LogP contribution in [0.15, 0.2) is 15.8 Å². The fourth-order valence-corrected chi connectivity index (χ4v) is 1.37. The second-order valence-corrected chi connectivity index (χ2v) is 3.06. The molecule has 0 aliphatic carbocycles. The second kappa shape index (κ2) is 2.84. The minimum Gasteiger partial charge on any atom is -0.477 e. The topological polar surface area (TPSA) is 108 Å². The van der Waals surface area contributed by atoms with Gasteiger partial charge in [0, 0.05) is 13.2 Å². The Morgan fingerprint density at radius 1 is 1.47 bits per heavy atom. The van der Waals surface area contributed by atoms with Crippen molar-refractivity contribution < 1.29 is 9.90 Å². The molecule has 2 aromatic heterocycles. The zero-order valence-corrected chi connectivity index (χ0v) is 7.70. The van der Waals surface area contributed by atoms with Crippen LogP contribution in [0.5, 0.6) is 0 Å². The summed E-state index contributed by atoms with van der Waals surface area (Å²) in [5.41, 5.74) is -1.55. The number of nitrogens with one attached hydrogen (secondary N) is 2. The highest BCUT2D eigenvalue weighted by Gasteiger charge is 2.15. The zero-order valence-electron chi connectivity index (χ0n) is 7.70. The van der Waals surface area contributed by atoms with Crippen LogP contribution in [0.3, 0.4) is 0 Å². The molecule has 0 atom stereocenters. The molecule has 2 heterocycles. The smallest absolute Gasteiger partial charge is 0.341 e. The van der Waals surface area contributed by atoms with E-state index in [2.05, 4.69) is 10.1 Å². The fourth-order valence-electron chi connectivity index (χ4n) is 1.37. The molecule has 0 aliphatic heterocycles. The van der Waals surface area contributed by atoms with Crippen molar-refractivity contribution in [2.75, 3.05) is 0 Å². The van der Waals surface area contributed by atoms with Crippen LogP contribution in [-0.2, 0) is 7.05 Å². The first-order valence-electron chi connectivity index (χ1n) is 4.06. The summed E-state index contributed by atoms with van der Waals surface area (Å²) < 4.78 is 1.11. The minimum absolute atomic E-state index is 0.169. The number of rotatable bonds is 1. The number of hydrogen-bond acceptors (Lipinski definition) is 3. The molecule has 0 saturated heterocycles. The highest BCUT2D eigenvalue weighted by atomic mass is 16.4. The van der Waals surface area contributed by atoms with Crippen LogP contribution < -0.4 is 11.0 Å². The van der Waals surface area contributed by atoms with Gasteiger partial charge in [-0.1, -0.05) is 0 Å². The van der Waals surface area contributed by atoms with Crippen molar-refractivity contribution in [1.82, 2.24) is 14.8 Å². The van der Waals surface area contributed by atoms with E-state index in [1.54, 1.807) is 0 Å². The van der Waals surface area contributed by atoms with E-state index in [1.807, 2.05) is 0 Å². The predicted octanol–water partition coefficient (Wildman–Crippen LogP) is -0.747. The van der Waals surface area contributed by atoms with Gasteiger partial charge < -0.3 is 10.1 Å². The first kappa shape index (κ1) is 9.25. The molecule has 0 aromatic carbocycles. The number of carbonyl (C=O) groups is 1. The van der Waals surface area contributed by atoms with Gasteiger partial charge in [0.2, 0.25) is 5.43 Å². The SMILES string of the molecule is Cn1[nH]c2[nH]cc(C(=O)O)c(=O)c2c1=O. The average molecular weight is 209 g/mol. The number of H-pyrrole nitrogens is 2. The van der Waals surface area contributed by atoms with Gasteiger partial charge in [-0.25, -0.2) is 4.79 Å². The molecule has 0 radical (unpaired) electrons. The average Bonchev–Trinajstić information content (AvgIpc) is 2.43. The molecule has 0 fully saturated rings. The molecule has 2 aromatic rings. The molecule has 78 valence electrons. The number of aryl methyl sites for hydroxylation is 1. The Morgan fingerprint density at radius 3 is 2.73 bits per heavy atom. The molecular weight excluding hydrogens is 202 g/mol. The van der Waals surface area contributed by atoms with Crippen molar-refractivity contribution in [3.8, 4) is 0 Å². The maximum Gasteiger partial charge on any atom is 0.341 e. The number of carboxylic acid groups (broad SMARTS) is 1. The largest absolute Gasteiger partial charge is 0.477 e. The van der Waals surface area contributed by atoms with Gasteiger partial charge in [0.1, 0.15) is 16.6 Å². The Balaban J connectivity index is 3.02. The third-order valence-corrected chi connectivity index (χ3v) is 2.11. The van der Waals surface area contributed by atoms with Crippen molar-refractivity contribution in [2.24, 2.45) is 7.05 Å². The number of aromatic amines is 2. The van der Waals surface area contributed by atoms with Crippen LogP contribution in [0.4, 0.5) is 0 Å². The number of nitrogens with zero attached hydrogens (tertiary/aromatic N) is 1. The first-order chi connectivity index (χ1) is 7.02. The molecule has 0 saturated carbocycles. The number of fused-ring (bicyclic) bond motifs is 1. The van der Waals surface area contributed by atoms with Crippen LogP contribution in [0.1, 0.15) is 10.4 Å². The van der Waals surface area contributed by atoms with Gasteiger partial charge in [-0.3, -0.25) is 19.4 Å². The highest BCUT2D eigenvalue weighted by molar-refractivity contribution is 5.91. The lowest BCUT2D eigenvalue weighted by Crippen LogP contribution is -2.21. The monoisotopic (exact) mass is 209 g/mol. The van der Waals surface area contributed by atoms with Gasteiger partial charge in [-0.05, 0) is 0 Å². The number of aromatic nitrogens is 3. The van der Waals surface area contributed by atoms with Crippen molar-refractivity contribution >= 4 is 17.0 Å². The zero-order chi connectivity index (χ0) is 11.2. The van der Waals surface area contributed by atoms with Gasteiger partial charge in [0.15, 0.2) is 0 Å². The lowest BCUT2D eigenvalue weighted by Gasteiger charge is -1.92. The van der Waals surface area contributed by atoms with Gasteiger partial charge in [-0.2, -0.15) is 0 Å². The normalized spacial score (nSPS) is 10.7. The maximum absolute atomic E-state index is 11.6. The van der Waals surface area contributed by atoms with Crippen LogP contribution in [0.2, 0.25) is 0 Å². The van der Waals surface area contributed by atoms with E-state index in [4.69, 9.17) is 5.11 Å². The van der Waals surface area contributed by atoms with E-state index in [0.717, 1.165) is 10.9 Å². The second-order valence-electron chi connectivity index (χ2n) is 3.06. The Bertz CT molecular complexity index is 661. The summed E-state index contributed by atoms with van der Waals surface area (Å²) in [7, 11) is 1.44. The molecule has 0 unspecified atom stereocenters. The number of pyridine rings is 1. The van der Waals surface area contributed by atoms with Crippen molar-refractivity contribution in [3.05, 3.63) is 32.3 Å². The Hall–Kier alpha value is -2.31. The Labute approximate surface area is 81.9 Å². The van der Waals surface area contributed by atoms with E-state index in [1.165, 1.54) is 7.05 Å². The van der Waals surface area contributed by atoms with Crippen LogP contribution in [-0.4, -0.2) is 25.8 Å². The summed E-state index contributed by atoms with van der Waals surface area (Å²) in [4.78, 5) is 36.2. The summed E-state index contributed by atoms with van der Waals surface area (Å²) >= 11 is 0. The van der Waals surface area contributed by atoms with Crippen molar-refractivity contribution in [1.29, 1.82) is 0 Å². The van der Waals surface area contributed by atoms with Gasteiger partial charge >= 0.3 is 5.97 Å². The lowest BCUT2D eigenvalue weighted by atomic mass is 10.2. The molecule has 15 heavy (non-hydrogen) atoms. The standard InChI is InChI=1S/C8H7N3O4/c1-11-7(13)4-5(12)3(8(14)15)2-9-6(4)10-11/h2H,1H3,(H,14,15)(H2,9,10,12). The third-order valence-electron chi connectivity index (χ3n) is 2.11. The molecule has 0 spiro atoms. The minimum atomic E-state index is -1.36. The van der Waals surface area contributed by atoms with E-state index in [0.29, 0.717) is 0 Å². The van der Waals surface area contributed by atoms with Crippen LogP contribution in [0, 0.1) is 0 Å². The van der Waals surface area contributed by atoms with E-state index in [-0.39, 0.29) is 11.0 Å². The Kier molecular flexibility index (Phi) is 1.75. The Morgan fingerprint density at radius 2 is 2.13 bits per heavy atom. The van der Waals surface area contributed by atoms with E-state index >= 15 is 0 Å². The summed E-state index contributed by atoms with van der Waals surface area (Å²) in [5, 5.41) is 11.1. The number of carboxylic acids is 1. The van der Waals surface area contributed by atoms with Gasteiger partial charge in [0.25, 0.3) is 5.56 Å². The van der Waals surface area contributed by atoms with Crippen molar-refractivity contribution in [2.45, 2.75) is 0 Å². The predicted molar refractivity (Wildman–Crippen MR) is 51.1 cm³/mol. The number of hydrogen-bond donors (Lipinski definition) is 3. The first-order valence-corrected chi connectivity index (χ1v) is 4.06. The quantitative estimate of drug-likeness (QED) is 0.574. The van der Waals surface area contributed by atoms with Crippen molar-refractivity contribution in [3.63, 3.8) is 0 Å². The van der Waals surface area contributed by atoms with Crippen LogP contribution in [0.25, 0.3) is 11.0 Å². The molecule has 7 heteroatoms. The van der Waals surface area contributed by atoms with Gasteiger partial charge in [-0.15, -0.1) is 0 Å². The molecule has 0 bridgehead atoms. The molecule has 0 amide bonds. The molecular formula is C8H7N3O4. The number of aromatic carboxylic acids is 1. The summed E-state index contributed by atoms with van der Waals surface area (Å²) in [6, 6.07) is 0. The van der Waals surface area contributed by atoms with Crippen LogP contribution >= 0.6 is 0 Å². The molecule has 0 aliphatic rings. The molecule has 3 N–H and O–H groups in total.